The third kappa shape index (κ3) is 2.31. The number of nitrogens with zero attached hydrogens (tertiary/aromatic N) is 1. The molecule has 104 valence electrons. The van der Waals surface area contributed by atoms with Crippen LogP contribution < -0.4 is 10.9 Å². The minimum atomic E-state index is -0.0201. The molecule has 1 aromatic heterocycles. The lowest BCUT2D eigenvalue weighted by Crippen LogP contribution is -2.55. The summed E-state index contributed by atoms with van der Waals surface area (Å²) in [7, 11) is 0. The Kier molecular flexibility index (Phi) is 2.77. The average molecular weight is 269 g/mol. The Hall–Kier alpha value is -1.81. The number of aromatic nitrogens is 1. The van der Waals surface area contributed by atoms with Crippen LogP contribution in [0.25, 0.3) is 10.8 Å². The second kappa shape index (κ2) is 4.63. The third-order valence-corrected chi connectivity index (χ3v) is 4.31. The van der Waals surface area contributed by atoms with Crippen molar-refractivity contribution in [1.29, 1.82) is 0 Å². The smallest absolute Gasteiger partial charge is 0.255 e. The molecule has 20 heavy (non-hydrogen) atoms. The first kappa shape index (κ1) is 12.0. The number of fused-ring (bicyclic) bond motifs is 1. The third-order valence-electron chi connectivity index (χ3n) is 4.31. The maximum atomic E-state index is 11.6. The van der Waals surface area contributed by atoms with Gasteiger partial charge in [0.15, 0.2) is 0 Å². The Labute approximate surface area is 117 Å². The predicted molar refractivity (Wildman–Crippen MR) is 81.1 cm³/mol. The van der Waals surface area contributed by atoms with E-state index in [1.807, 2.05) is 18.2 Å². The van der Waals surface area contributed by atoms with Crippen LogP contribution >= 0.6 is 0 Å². The molecule has 0 unspecified atom stereocenters. The molecule has 1 saturated carbocycles. The SMILES string of the molecule is O=c1[nH]ccc2cc(NC3CN(CC4CC4)C3)ccc12. The van der Waals surface area contributed by atoms with Crippen molar-refractivity contribution in [2.75, 3.05) is 25.0 Å². The molecule has 0 atom stereocenters. The van der Waals surface area contributed by atoms with Crippen molar-refractivity contribution in [3.05, 3.63) is 40.8 Å². The number of rotatable bonds is 4. The molecule has 2 heterocycles. The maximum Gasteiger partial charge on any atom is 0.255 e. The molecule has 2 N–H and O–H groups in total. The van der Waals surface area contributed by atoms with Crippen molar-refractivity contribution in [3.8, 4) is 0 Å². The van der Waals surface area contributed by atoms with Crippen LogP contribution in [0.15, 0.2) is 35.3 Å². The van der Waals surface area contributed by atoms with Crippen LogP contribution in [-0.2, 0) is 0 Å². The molecule has 1 aliphatic carbocycles. The van der Waals surface area contributed by atoms with Crippen molar-refractivity contribution in [2.24, 2.45) is 5.92 Å². The summed E-state index contributed by atoms with van der Waals surface area (Å²) in [6.45, 7) is 3.57. The number of anilines is 1. The molecule has 2 aromatic rings. The van der Waals surface area contributed by atoms with E-state index in [1.54, 1.807) is 6.20 Å². The Morgan fingerprint density at radius 1 is 1.25 bits per heavy atom. The zero-order valence-electron chi connectivity index (χ0n) is 11.4. The molecule has 4 rings (SSSR count). The highest BCUT2D eigenvalue weighted by molar-refractivity contribution is 5.84. The lowest BCUT2D eigenvalue weighted by Gasteiger charge is -2.40. The molecule has 0 amide bonds. The number of likely N-dealkylation sites (tertiary alicyclic amines) is 1. The summed E-state index contributed by atoms with van der Waals surface area (Å²) >= 11 is 0. The number of nitrogens with one attached hydrogen (secondary N) is 2. The molecule has 4 heteroatoms. The van der Waals surface area contributed by atoms with Gasteiger partial charge >= 0.3 is 0 Å². The van der Waals surface area contributed by atoms with E-state index in [9.17, 15) is 4.79 Å². The van der Waals surface area contributed by atoms with Crippen LogP contribution in [0.3, 0.4) is 0 Å². The molecule has 0 radical (unpaired) electrons. The number of H-pyrrole nitrogens is 1. The van der Waals surface area contributed by atoms with Crippen molar-refractivity contribution >= 4 is 16.5 Å². The Balaban J connectivity index is 1.43. The fraction of sp³-hybridized carbons (Fsp3) is 0.438. The highest BCUT2D eigenvalue weighted by Gasteiger charge is 2.31. The quantitative estimate of drug-likeness (QED) is 0.893. The summed E-state index contributed by atoms with van der Waals surface area (Å²) in [5.41, 5.74) is 1.09. The second-order valence-corrected chi connectivity index (χ2v) is 6.11. The molecular formula is C16H19N3O. The monoisotopic (exact) mass is 269 g/mol. The molecule has 4 nitrogen and oxygen atoms in total. The topological polar surface area (TPSA) is 48.1 Å². The minimum Gasteiger partial charge on any atom is -0.380 e. The van der Waals surface area contributed by atoms with Crippen molar-refractivity contribution < 1.29 is 0 Å². The molecule has 1 aliphatic heterocycles. The molecular weight excluding hydrogens is 250 g/mol. The van der Waals surface area contributed by atoms with Crippen LogP contribution in [0.5, 0.6) is 0 Å². The second-order valence-electron chi connectivity index (χ2n) is 6.11. The summed E-state index contributed by atoms with van der Waals surface area (Å²) in [5, 5.41) is 5.30. The molecule has 2 aliphatic rings. The maximum absolute atomic E-state index is 11.6. The van der Waals surface area contributed by atoms with E-state index in [0.717, 1.165) is 35.5 Å². The molecule has 0 spiro atoms. The van der Waals surface area contributed by atoms with Crippen LogP contribution in [0.4, 0.5) is 5.69 Å². The van der Waals surface area contributed by atoms with E-state index in [4.69, 9.17) is 0 Å². The van der Waals surface area contributed by atoms with Gasteiger partial charge in [0.25, 0.3) is 5.56 Å². The zero-order valence-corrected chi connectivity index (χ0v) is 11.4. The molecule has 2 fully saturated rings. The molecule has 1 aromatic carbocycles. The average Bonchev–Trinajstić information content (AvgIpc) is 3.20. The van der Waals surface area contributed by atoms with Crippen LogP contribution in [-0.4, -0.2) is 35.6 Å². The van der Waals surface area contributed by atoms with Gasteiger partial charge in [0.1, 0.15) is 0 Å². The van der Waals surface area contributed by atoms with Gasteiger partial charge in [0, 0.05) is 36.9 Å². The highest BCUT2D eigenvalue weighted by Crippen LogP contribution is 2.31. The summed E-state index contributed by atoms with van der Waals surface area (Å²) in [4.78, 5) is 16.9. The van der Waals surface area contributed by atoms with E-state index in [-0.39, 0.29) is 5.56 Å². The van der Waals surface area contributed by atoms with E-state index < -0.39 is 0 Å². The van der Waals surface area contributed by atoms with Gasteiger partial charge in [-0.25, -0.2) is 0 Å². The fourth-order valence-corrected chi connectivity index (χ4v) is 2.99. The van der Waals surface area contributed by atoms with Crippen LogP contribution in [0.2, 0.25) is 0 Å². The van der Waals surface area contributed by atoms with Crippen LogP contribution in [0, 0.1) is 5.92 Å². The van der Waals surface area contributed by atoms with Gasteiger partial charge in [-0.05, 0) is 48.4 Å². The van der Waals surface area contributed by atoms with Gasteiger partial charge in [-0.2, -0.15) is 0 Å². The van der Waals surface area contributed by atoms with Crippen molar-refractivity contribution in [3.63, 3.8) is 0 Å². The summed E-state index contributed by atoms with van der Waals surface area (Å²) in [6.07, 6.45) is 4.55. The Bertz CT molecular complexity index is 683. The van der Waals surface area contributed by atoms with Gasteiger partial charge in [-0.1, -0.05) is 0 Å². The molecule has 1 saturated heterocycles. The van der Waals surface area contributed by atoms with Crippen molar-refractivity contribution in [1.82, 2.24) is 9.88 Å². The Morgan fingerprint density at radius 3 is 2.90 bits per heavy atom. The zero-order chi connectivity index (χ0) is 13.5. The summed E-state index contributed by atoms with van der Waals surface area (Å²) < 4.78 is 0. The van der Waals surface area contributed by atoms with Gasteiger partial charge in [-0.3, -0.25) is 9.69 Å². The standard InChI is InChI=1S/C16H19N3O/c20-16-15-4-3-13(7-12(15)5-6-17-16)18-14-9-19(10-14)8-11-1-2-11/h3-7,11,14,18H,1-2,8-10H2,(H,17,20). The van der Waals surface area contributed by atoms with E-state index >= 15 is 0 Å². The predicted octanol–water partition coefficient (Wildman–Crippen LogP) is 2.03. The van der Waals surface area contributed by atoms with E-state index in [0.29, 0.717) is 6.04 Å². The first-order valence-electron chi connectivity index (χ1n) is 7.38. The van der Waals surface area contributed by atoms with Gasteiger partial charge < -0.3 is 10.3 Å². The lowest BCUT2D eigenvalue weighted by atomic mass is 10.1. The number of aromatic amines is 1. The van der Waals surface area contributed by atoms with Crippen LogP contribution in [0.1, 0.15) is 12.8 Å². The van der Waals surface area contributed by atoms with Gasteiger partial charge in [0.05, 0.1) is 6.04 Å². The van der Waals surface area contributed by atoms with E-state index in [2.05, 4.69) is 21.3 Å². The Morgan fingerprint density at radius 2 is 2.10 bits per heavy atom. The lowest BCUT2D eigenvalue weighted by molar-refractivity contribution is 0.155. The number of hydrogen-bond donors (Lipinski definition) is 2. The van der Waals surface area contributed by atoms with Gasteiger partial charge in [-0.15, -0.1) is 0 Å². The normalized spacial score (nSPS) is 20.0. The fourth-order valence-electron chi connectivity index (χ4n) is 2.99. The largest absolute Gasteiger partial charge is 0.380 e. The molecule has 0 bridgehead atoms. The summed E-state index contributed by atoms with van der Waals surface area (Å²) in [6, 6.07) is 8.46. The van der Waals surface area contributed by atoms with Gasteiger partial charge in [0.2, 0.25) is 0 Å². The van der Waals surface area contributed by atoms with Crippen molar-refractivity contribution in [2.45, 2.75) is 18.9 Å². The number of pyridine rings is 1. The highest BCUT2D eigenvalue weighted by atomic mass is 16.1. The first-order valence-corrected chi connectivity index (χ1v) is 7.38. The van der Waals surface area contributed by atoms with E-state index in [1.165, 1.54) is 19.4 Å². The minimum absolute atomic E-state index is 0.0201. The number of hydrogen-bond acceptors (Lipinski definition) is 3. The first-order chi connectivity index (χ1) is 9.78. The summed E-state index contributed by atoms with van der Waals surface area (Å²) in [5.74, 6) is 0.975. The number of benzene rings is 1.